The zero-order valence-electron chi connectivity index (χ0n) is 28.0. The standard InChI is InChI=1S/C41H42Cl2O5/c1-22-6-27(16-29-8-23(2)10-31(38(29)45)18-33-12-25(4)14-35(20-42)40(33)47)37(44)28(7-22)17-30-9-24(3)11-32(39(30)46)19-34-13-26(5)15-36(21-43)41(34)48/h6-15,44-48H,16-21H2,1-5H3. The number of phenols is 5. The topological polar surface area (TPSA) is 101 Å². The van der Waals surface area contributed by atoms with Crippen LogP contribution >= 0.6 is 23.2 Å². The van der Waals surface area contributed by atoms with Gasteiger partial charge in [-0.25, -0.2) is 0 Å². The molecule has 5 nitrogen and oxygen atoms in total. The number of aromatic hydroxyl groups is 5. The summed E-state index contributed by atoms with van der Waals surface area (Å²) in [6.45, 7) is 9.77. The van der Waals surface area contributed by atoms with Gasteiger partial charge < -0.3 is 25.5 Å². The molecule has 0 unspecified atom stereocenters. The van der Waals surface area contributed by atoms with Crippen molar-refractivity contribution in [2.75, 3.05) is 0 Å². The third kappa shape index (κ3) is 7.53. The Bertz CT molecular complexity index is 1870. The number of rotatable bonds is 10. The quantitative estimate of drug-likeness (QED) is 0.0943. The number of benzene rings is 5. The van der Waals surface area contributed by atoms with Crippen molar-refractivity contribution < 1.29 is 25.5 Å². The van der Waals surface area contributed by atoms with E-state index in [4.69, 9.17) is 23.2 Å². The molecule has 0 heterocycles. The fourth-order valence-corrected chi connectivity index (χ4v) is 7.18. The van der Waals surface area contributed by atoms with Gasteiger partial charge in [-0.05, 0) is 79.1 Å². The summed E-state index contributed by atoms with van der Waals surface area (Å²) in [7, 11) is 0. The normalized spacial score (nSPS) is 11.3. The molecule has 0 spiro atoms. The van der Waals surface area contributed by atoms with Crippen LogP contribution in [-0.2, 0) is 37.4 Å². The fourth-order valence-electron chi connectivity index (χ4n) is 6.77. The van der Waals surface area contributed by atoms with Crippen LogP contribution in [0.4, 0.5) is 0 Å². The summed E-state index contributed by atoms with van der Waals surface area (Å²) in [4.78, 5) is 0. The Kier molecular flexibility index (Phi) is 10.5. The van der Waals surface area contributed by atoms with Gasteiger partial charge in [0.25, 0.3) is 0 Å². The smallest absolute Gasteiger partial charge is 0.123 e. The van der Waals surface area contributed by atoms with Gasteiger partial charge in [0.2, 0.25) is 0 Å². The molecule has 0 saturated carbocycles. The molecule has 0 aromatic heterocycles. The summed E-state index contributed by atoms with van der Waals surface area (Å²) in [6.07, 6.45) is 1.22. The number of alkyl halides is 2. The lowest BCUT2D eigenvalue weighted by molar-refractivity contribution is 0.452. The third-order valence-electron chi connectivity index (χ3n) is 8.87. The molecule has 0 radical (unpaired) electrons. The second-order valence-corrected chi connectivity index (χ2v) is 13.7. The highest BCUT2D eigenvalue weighted by Crippen LogP contribution is 2.38. The van der Waals surface area contributed by atoms with Gasteiger partial charge in [-0.15, -0.1) is 23.2 Å². The Morgan fingerprint density at radius 1 is 0.312 bits per heavy atom. The van der Waals surface area contributed by atoms with Crippen LogP contribution in [0.1, 0.15) is 83.5 Å². The van der Waals surface area contributed by atoms with Crippen LogP contribution in [0.15, 0.2) is 60.7 Å². The molecular weight excluding hydrogens is 643 g/mol. The van der Waals surface area contributed by atoms with Gasteiger partial charge in [-0.2, -0.15) is 0 Å². The first-order valence-corrected chi connectivity index (χ1v) is 17.0. The Balaban J connectivity index is 1.46. The molecule has 5 aromatic rings. The molecule has 5 N–H and O–H groups in total. The Labute approximate surface area is 292 Å². The summed E-state index contributed by atoms with van der Waals surface area (Å²) in [5.74, 6) is 0.997. The third-order valence-corrected chi connectivity index (χ3v) is 9.45. The number of hydrogen-bond donors (Lipinski definition) is 5. The lowest BCUT2D eigenvalue weighted by Crippen LogP contribution is -2.01. The van der Waals surface area contributed by atoms with Crippen molar-refractivity contribution in [3.8, 4) is 28.7 Å². The van der Waals surface area contributed by atoms with Gasteiger partial charge in [0.1, 0.15) is 28.7 Å². The maximum Gasteiger partial charge on any atom is 0.123 e. The first kappa shape index (κ1) is 35.0. The molecule has 0 amide bonds. The minimum Gasteiger partial charge on any atom is -0.507 e. The average molecular weight is 686 g/mol. The lowest BCUT2D eigenvalue weighted by atomic mass is 9.90. The first-order chi connectivity index (χ1) is 22.8. The summed E-state index contributed by atoms with van der Waals surface area (Å²) >= 11 is 12.1. The molecule has 7 heteroatoms. The van der Waals surface area contributed by atoms with E-state index in [0.717, 1.165) is 27.8 Å². The molecule has 0 atom stereocenters. The van der Waals surface area contributed by atoms with Crippen LogP contribution < -0.4 is 0 Å². The van der Waals surface area contributed by atoms with E-state index in [1.807, 2.05) is 95.3 Å². The SMILES string of the molecule is Cc1cc(CCl)c(O)c(Cc2cc(C)cc(Cc3cc(C)cc(Cc4cc(C)cc(Cc5cc(C)cc(CCl)c5O)c4O)c3O)c2O)c1. The van der Waals surface area contributed by atoms with E-state index in [9.17, 15) is 25.5 Å². The van der Waals surface area contributed by atoms with Gasteiger partial charge in [0, 0.05) is 36.8 Å². The summed E-state index contributed by atoms with van der Waals surface area (Å²) < 4.78 is 0. The van der Waals surface area contributed by atoms with Gasteiger partial charge >= 0.3 is 0 Å². The van der Waals surface area contributed by atoms with Crippen LogP contribution in [-0.4, -0.2) is 25.5 Å². The second-order valence-electron chi connectivity index (χ2n) is 13.1. The van der Waals surface area contributed by atoms with Gasteiger partial charge in [-0.1, -0.05) is 88.5 Å². The summed E-state index contributed by atoms with van der Waals surface area (Å²) in [5.41, 5.74) is 11.5. The molecule has 5 aromatic carbocycles. The number of phenolic OH excluding ortho intramolecular Hbond substituents is 5. The first-order valence-electron chi connectivity index (χ1n) is 16.0. The van der Waals surface area contributed by atoms with Crippen LogP contribution in [0.3, 0.4) is 0 Å². The molecule has 0 aliphatic heterocycles. The Morgan fingerprint density at radius 2 is 0.458 bits per heavy atom. The van der Waals surface area contributed by atoms with Crippen molar-refractivity contribution in [2.45, 2.75) is 72.1 Å². The Morgan fingerprint density at radius 3 is 0.625 bits per heavy atom. The minimum atomic E-state index is 0.108. The monoisotopic (exact) mass is 684 g/mol. The molecular formula is C41H42Cl2O5. The van der Waals surface area contributed by atoms with Gasteiger partial charge in [0.05, 0.1) is 11.8 Å². The van der Waals surface area contributed by atoms with E-state index in [-0.39, 0.29) is 53.3 Å². The van der Waals surface area contributed by atoms with Crippen LogP contribution in [0.2, 0.25) is 0 Å². The zero-order valence-corrected chi connectivity index (χ0v) is 29.5. The predicted octanol–water partition coefficient (Wildman–Crippen LogP) is 9.60. The second kappa shape index (κ2) is 14.4. The van der Waals surface area contributed by atoms with Crippen molar-refractivity contribution in [3.05, 3.63) is 144 Å². The highest BCUT2D eigenvalue weighted by atomic mass is 35.5. The molecule has 0 aliphatic carbocycles. The zero-order chi connectivity index (χ0) is 34.9. The van der Waals surface area contributed by atoms with E-state index in [1.165, 1.54) is 0 Å². The number of hydrogen-bond acceptors (Lipinski definition) is 5. The predicted molar refractivity (Wildman–Crippen MR) is 195 cm³/mol. The van der Waals surface area contributed by atoms with E-state index in [2.05, 4.69) is 0 Å². The van der Waals surface area contributed by atoms with E-state index < -0.39 is 0 Å². The summed E-state index contributed by atoms with van der Waals surface area (Å²) in [6, 6.07) is 19.0. The van der Waals surface area contributed by atoms with Crippen molar-refractivity contribution in [2.24, 2.45) is 0 Å². The molecule has 0 saturated heterocycles. The van der Waals surface area contributed by atoms with Crippen molar-refractivity contribution in [1.29, 1.82) is 0 Å². The van der Waals surface area contributed by atoms with Gasteiger partial charge in [-0.3, -0.25) is 0 Å². The maximum absolute atomic E-state index is 11.6. The minimum absolute atomic E-state index is 0.108. The van der Waals surface area contributed by atoms with Crippen molar-refractivity contribution in [1.82, 2.24) is 0 Å². The molecule has 5 rings (SSSR count). The van der Waals surface area contributed by atoms with Gasteiger partial charge in [0.15, 0.2) is 0 Å². The molecule has 0 aliphatic rings. The molecule has 48 heavy (non-hydrogen) atoms. The van der Waals surface area contributed by atoms with Crippen LogP contribution in [0, 0.1) is 34.6 Å². The van der Waals surface area contributed by atoms with Crippen molar-refractivity contribution in [3.63, 3.8) is 0 Å². The van der Waals surface area contributed by atoms with Crippen LogP contribution in [0.5, 0.6) is 28.7 Å². The highest BCUT2D eigenvalue weighted by Gasteiger charge is 2.19. The van der Waals surface area contributed by atoms with E-state index in [1.54, 1.807) is 0 Å². The number of aryl methyl sites for hydroxylation is 5. The average Bonchev–Trinajstić information content (AvgIpc) is 3.02. The fraction of sp³-hybridized carbons (Fsp3) is 0.268. The molecule has 0 fully saturated rings. The largest absolute Gasteiger partial charge is 0.507 e. The van der Waals surface area contributed by atoms with Crippen molar-refractivity contribution >= 4 is 23.2 Å². The molecule has 0 bridgehead atoms. The van der Waals surface area contributed by atoms with Crippen LogP contribution in [0.25, 0.3) is 0 Å². The molecule has 250 valence electrons. The van der Waals surface area contributed by atoms with E-state index in [0.29, 0.717) is 68.5 Å². The van der Waals surface area contributed by atoms with E-state index >= 15 is 0 Å². The highest BCUT2D eigenvalue weighted by molar-refractivity contribution is 6.17. The summed E-state index contributed by atoms with van der Waals surface area (Å²) in [5, 5.41) is 56.0. The lowest BCUT2D eigenvalue weighted by Gasteiger charge is -2.17. The maximum atomic E-state index is 11.6. The Hall–Kier alpha value is -4.32. The number of halogens is 2.